The van der Waals surface area contributed by atoms with Crippen LogP contribution in [0.4, 0.5) is 5.69 Å². The summed E-state index contributed by atoms with van der Waals surface area (Å²) in [4.78, 5) is 4.30. The number of nitrogens with zero attached hydrogens (tertiary/aromatic N) is 1. The van der Waals surface area contributed by atoms with Crippen molar-refractivity contribution in [1.82, 2.24) is 4.98 Å². The summed E-state index contributed by atoms with van der Waals surface area (Å²) in [5, 5.41) is 3.63. The maximum Gasteiger partial charge on any atom is 0.0813 e. The normalized spacial score (nSPS) is 24.3. The van der Waals surface area contributed by atoms with Crippen LogP contribution in [0.1, 0.15) is 26.2 Å². The Bertz CT molecular complexity index is 525. The van der Waals surface area contributed by atoms with Crippen molar-refractivity contribution in [3.8, 4) is 0 Å². The summed E-state index contributed by atoms with van der Waals surface area (Å²) in [6.45, 7) is 3.06. The van der Waals surface area contributed by atoms with Gasteiger partial charge in [-0.15, -0.1) is 11.3 Å². The van der Waals surface area contributed by atoms with E-state index in [9.17, 15) is 0 Å². The summed E-state index contributed by atoms with van der Waals surface area (Å²) >= 11 is 1.69. The standard InChI is InChI=1S/C14H18N2OS/c1-2-12-7-11(5-6-17-12)16-10-3-4-13-14(8-10)18-9-15-13/h3-4,8-9,11-12,16H,2,5-7H2,1H3. The van der Waals surface area contributed by atoms with Crippen molar-refractivity contribution in [2.24, 2.45) is 0 Å². The zero-order chi connectivity index (χ0) is 12.4. The Kier molecular flexibility index (Phi) is 3.48. The van der Waals surface area contributed by atoms with Crippen molar-refractivity contribution in [1.29, 1.82) is 0 Å². The molecule has 0 spiro atoms. The van der Waals surface area contributed by atoms with Crippen molar-refractivity contribution < 1.29 is 4.74 Å². The highest BCUT2D eigenvalue weighted by atomic mass is 32.1. The van der Waals surface area contributed by atoms with Gasteiger partial charge in [-0.1, -0.05) is 6.92 Å². The molecular weight excluding hydrogens is 244 g/mol. The Labute approximate surface area is 111 Å². The lowest BCUT2D eigenvalue weighted by Crippen LogP contribution is -2.33. The molecule has 1 aromatic carbocycles. The second kappa shape index (κ2) is 5.24. The van der Waals surface area contributed by atoms with Crippen LogP contribution >= 0.6 is 11.3 Å². The largest absolute Gasteiger partial charge is 0.382 e. The number of fused-ring (bicyclic) bond motifs is 1. The van der Waals surface area contributed by atoms with Gasteiger partial charge in [-0.3, -0.25) is 0 Å². The van der Waals surface area contributed by atoms with E-state index in [-0.39, 0.29) is 0 Å². The highest BCUT2D eigenvalue weighted by Gasteiger charge is 2.21. The van der Waals surface area contributed by atoms with Gasteiger partial charge >= 0.3 is 0 Å². The molecule has 2 aromatic rings. The summed E-state index contributed by atoms with van der Waals surface area (Å²) in [7, 11) is 0. The fourth-order valence-electron chi connectivity index (χ4n) is 2.48. The molecule has 1 saturated heterocycles. The number of hydrogen-bond acceptors (Lipinski definition) is 4. The monoisotopic (exact) mass is 262 g/mol. The molecule has 1 aliphatic heterocycles. The van der Waals surface area contributed by atoms with Gasteiger partial charge in [0.05, 0.1) is 21.8 Å². The summed E-state index contributed by atoms with van der Waals surface area (Å²) < 4.78 is 6.95. The van der Waals surface area contributed by atoms with Gasteiger partial charge in [-0.05, 0) is 37.5 Å². The van der Waals surface area contributed by atoms with Gasteiger partial charge < -0.3 is 10.1 Å². The molecule has 2 heterocycles. The summed E-state index contributed by atoms with van der Waals surface area (Å²) in [5.41, 5.74) is 4.19. The minimum Gasteiger partial charge on any atom is -0.382 e. The van der Waals surface area contributed by atoms with Crippen LogP contribution in [0.25, 0.3) is 10.2 Å². The SMILES string of the molecule is CCC1CC(Nc2ccc3ncsc3c2)CCO1. The first kappa shape index (κ1) is 11.9. The van der Waals surface area contributed by atoms with Crippen LogP contribution in [0.3, 0.4) is 0 Å². The molecule has 0 bridgehead atoms. The highest BCUT2D eigenvalue weighted by Crippen LogP contribution is 2.25. The third-order valence-electron chi connectivity index (χ3n) is 3.52. The Morgan fingerprint density at radius 2 is 2.44 bits per heavy atom. The van der Waals surface area contributed by atoms with Crippen molar-refractivity contribution in [3.63, 3.8) is 0 Å². The molecule has 0 saturated carbocycles. The van der Waals surface area contributed by atoms with E-state index in [0.717, 1.165) is 31.4 Å². The van der Waals surface area contributed by atoms with E-state index in [1.165, 1.54) is 10.4 Å². The Morgan fingerprint density at radius 1 is 1.50 bits per heavy atom. The van der Waals surface area contributed by atoms with Crippen LogP contribution in [0, 0.1) is 0 Å². The van der Waals surface area contributed by atoms with E-state index < -0.39 is 0 Å². The quantitative estimate of drug-likeness (QED) is 0.916. The van der Waals surface area contributed by atoms with Gasteiger partial charge in [-0.25, -0.2) is 4.98 Å². The molecule has 1 N–H and O–H groups in total. The number of rotatable bonds is 3. The molecule has 1 aliphatic rings. The van der Waals surface area contributed by atoms with Gasteiger partial charge in [0.2, 0.25) is 0 Å². The molecule has 2 atom stereocenters. The number of anilines is 1. The topological polar surface area (TPSA) is 34.2 Å². The smallest absolute Gasteiger partial charge is 0.0813 e. The first-order chi connectivity index (χ1) is 8.85. The highest BCUT2D eigenvalue weighted by molar-refractivity contribution is 7.16. The number of nitrogens with one attached hydrogen (secondary N) is 1. The van der Waals surface area contributed by atoms with Crippen molar-refractivity contribution in [2.45, 2.75) is 38.3 Å². The molecule has 0 aliphatic carbocycles. The van der Waals surface area contributed by atoms with Crippen LogP contribution in [0.2, 0.25) is 0 Å². The zero-order valence-corrected chi connectivity index (χ0v) is 11.4. The first-order valence-corrected chi connectivity index (χ1v) is 7.44. The van der Waals surface area contributed by atoms with Crippen LogP contribution < -0.4 is 5.32 Å². The van der Waals surface area contributed by atoms with Crippen LogP contribution in [-0.2, 0) is 4.74 Å². The minimum atomic E-state index is 0.420. The van der Waals surface area contributed by atoms with Gasteiger partial charge in [0.15, 0.2) is 0 Å². The predicted molar refractivity (Wildman–Crippen MR) is 76.3 cm³/mol. The van der Waals surface area contributed by atoms with Crippen LogP contribution in [0.5, 0.6) is 0 Å². The predicted octanol–water partition coefficient (Wildman–Crippen LogP) is 3.67. The fourth-order valence-corrected chi connectivity index (χ4v) is 3.19. The van der Waals surface area contributed by atoms with E-state index in [4.69, 9.17) is 4.74 Å². The molecular formula is C14H18N2OS. The minimum absolute atomic E-state index is 0.420. The van der Waals surface area contributed by atoms with Crippen LogP contribution in [-0.4, -0.2) is 23.7 Å². The number of ether oxygens (including phenoxy) is 1. The van der Waals surface area contributed by atoms with Crippen LogP contribution in [0.15, 0.2) is 23.7 Å². The molecule has 1 fully saturated rings. The van der Waals surface area contributed by atoms with E-state index >= 15 is 0 Å². The molecule has 96 valence electrons. The number of benzene rings is 1. The average molecular weight is 262 g/mol. The van der Waals surface area contributed by atoms with Gasteiger partial charge in [-0.2, -0.15) is 0 Å². The van der Waals surface area contributed by atoms with Gasteiger partial charge in [0.25, 0.3) is 0 Å². The first-order valence-electron chi connectivity index (χ1n) is 6.56. The number of aromatic nitrogens is 1. The second-order valence-corrected chi connectivity index (χ2v) is 5.69. The summed E-state index contributed by atoms with van der Waals surface area (Å²) in [6, 6.07) is 6.95. The fraction of sp³-hybridized carbons (Fsp3) is 0.500. The Hall–Kier alpha value is -1.13. The van der Waals surface area contributed by atoms with Crippen molar-refractivity contribution in [2.75, 3.05) is 11.9 Å². The molecule has 3 nitrogen and oxygen atoms in total. The molecule has 3 rings (SSSR count). The third kappa shape index (κ3) is 2.49. The van der Waals surface area contributed by atoms with Crippen molar-refractivity contribution >= 4 is 27.2 Å². The van der Waals surface area contributed by atoms with Gasteiger partial charge in [0, 0.05) is 18.3 Å². The van der Waals surface area contributed by atoms with Crippen molar-refractivity contribution in [3.05, 3.63) is 23.7 Å². The zero-order valence-electron chi connectivity index (χ0n) is 10.6. The maximum atomic E-state index is 5.70. The van der Waals surface area contributed by atoms with E-state index in [0.29, 0.717) is 12.1 Å². The van der Waals surface area contributed by atoms with E-state index in [1.807, 2.05) is 5.51 Å². The molecule has 0 radical (unpaired) electrons. The molecule has 1 aromatic heterocycles. The maximum absolute atomic E-state index is 5.70. The lowest BCUT2D eigenvalue weighted by Gasteiger charge is -2.30. The summed E-state index contributed by atoms with van der Waals surface area (Å²) in [5.74, 6) is 0. The molecule has 4 heteroatoms. The van der Waals surface area contributed by atoms with E-state index in [2.05, 4.69) is 35.4 Å². The molecule has 2 unspecified atom stereocenters. The average Bonchev–Trinajstić information content (AvgIpc) is 2.86. The second-order valence-electron chi connectivity index (χ2n) is 4.80. The Balaban J connectivity index is 1.71. The Morgan fingerprint density at radius 3 is 3.33 bits per heavy atom. The van der Waals surface area contributed by atoms with Gasteiger partial charge in [0.1, 0.15) is 0 Å². The molecule has 18 heavy (non-hydrogen) atoms. The lowest BCUT2D eigenvalue weighted by atomic mass is 10.0. The molecule has 0 amide bonds. The third-order valence-corrected chi connectivity index (χ3v) is 4.32. The van der Waals surface area contributed by atoms with E-state index in [1.54, 1.807) is 11.3 Å². The lowest BCUT2D eigenvalue weighted by molar-refractivity contribution is 0.00926. The number of hydrogen-bond donors (Lipinski definition) is 1. The number of thiazole rings is 1. The summed E-state index contributed by atoms with van der Waals surface area (Å²) in [6.07, 6.45) is 3.73.